The zero-order valence-corrected chi connectivity index (χ0v) is 11.9. The van der Waals surface area contributed by atoms with E-state index >= 15 is 0 Å². The Morgan fingerprint density at radius 2 is 2.15 bits per heavy atom. The lowest BCUT2D eigenvalue weighted by molar-refractivity contribution is 0.0697. The maximum absolute atomic E-state index is 12.2. The lowest BCUT2D eigenvalue weighted by atomic mass is 10.2. The second-order valence-corrected chi connectivity index (χ2v) is 6.49. The number of aryl methyl sites for hydroxylation is 1. The van der Waals surface area contributed by atoms with Gasteiger partial charge in [-0.15, -0.1) is 5.10 Å². The largest absolute Gasteiger partial charge is 0.478 e. The number of carboxylic acids is 1. The number of aromatic carboxylic acids is 1. The van der Waals surface area contributed by atoms with E-state index in [0.29, 0.717) is 5.69 Å². The zero-order valence-electron chi connectivity index (χ0n) is 10.3. The van der Waals surface area contributed by atoms with E-state index < -0.39 is 15.8 Å². The van der Waals surface area contributed by atoms with Gasteiger partial charge in [0.25, 0.3) is 0 Å². The average Bonchev–Trinajstić information content (AvgIpc) is 2.73. The fourth-order valence-electron chi connectivity index (χ4n) is 1.60. The highest BCUT2D eigenvalue weighted by Crippen LogP contribution is 2.23. The molecule has 0 fully saturated rings. The third-order valence-electron chi connectivity index (χ3n) is 2.52. The Kier molecular flexibility index (Phi) is 3.78. The van der Waals surface area contributed by atoms with Crippen LogP contribution in [0.1, 0.15) is 16.1 Å². The number of hydrogen-bond donors (Lipinski definition) is 1. The number of nitrogens with zero attached hydrogens (tertiary/aromatic N) is 3. The van der Waals surface area contributed by atoms with Crippen LogP contribution in [0, 0.1) is 0 Å². The van der Waals surface area contributed by atoms with E-state index in [1.165, 1.54) is 16.9 Å². The van der Waals surface area contributed by atoms with Crippen LogP contribution in [-0.4, -0.2) is 34.5 Å². The standard InChI is InChI=1S/C11H10ClN3O4S/c1-15-5-7(13-14-15)6-20(18,19)8-2-3-9(11(16)17)10(12)4-8/h2-5H,6H2,1H3,(H,16,17). The van der Waals surface area contributed by atoms with Crippen LogP contribution in [0.3, 0.4) is 0 Å². The van der Waals surface area contributed by atoms with Crippen molar-refractivity contribution in [2.24, 2.45) is 7.05 Å². The number of carboxylic acid groups (broad SMARTS) is 1. The van der Waals surface area contributed by atoms with E-state index in [1.807, 2.05) is 0 Å². The number of carbonyl (C=O) groups is 1. The van der Waals surface area contributed by atoms with Crippen molar-refractivity contribution >= 4 is 27.4 Å². The highest BCUT2D eigenvalue weighted by Gasteiger charge is 2.20. The molecule has 0 amide bonds. The topological polar surface area (TPSA) is 102 Å². The molecule has 0 unspecified atom stereocenters. The van der Waals surface area contributed by atoms with E-state index in [9.17, 15) is 13.2 Å². The van der Waals surface area contributed by atoms with Gasteiger partial charge in [0, 0.05) is 13.2 Å². The summed E-state index contributed by atoms with van der Waals surface area (Å²) in [4.78, 5) is 10.8. The molecule has 0 saturated heterocycles. The zero-order chi connectivity index (χ0) is 14.9. The van der Waals surface area contributed by atoms with Crippen LogP contribution in [0.5, 0.6) is 0 Å². The lowest BCUT2D eigenvalue weighted by Crippen LogP contribution is -2.07. The van der Waals surface area contributed by atoms with Crippen LogP contribution in [0.2, 0.25) is 5.02 Å². The summed E-state index contributed by atoms with van der Waals surface area (Å²) in [6.45, 7) is 0. The monoisotopic (exact) mass is 315 g/mol. The van der Waals surface area contributed by atoms with Crippen LogP contribution in [0.4, 0.5) is 0 Å². The van der Waals surface area contributed by atoms with Gasteiger partial charge in [0.1, 0.15) is 5.75 Å². The summed E-state index contributed by atoms with van der Waals surface area (Å²) in [5, 5.41) is 16.1. The Labute approximate surface area is 119 Å². The van der Waals surface area contributed by atoms with Gasteiger partial charge in [0.15, 0.2) is 9.84 Å². The lowest BCUT2D eigenvalue weighted by Gasteiger charge is -2.04. The van der Waals surface area contributed by atoms with Gasteiger partial charge in [-0.05, 0) is 18.2 Å². The van der Waals surface area contributed by atoms with Crippen LogP contribution >= 0.6 is 11.6 Å². The molecular weight excluding hydrogens is 306 g/mol. The fourth-order valence-corrected chi connectivity index (χ4v) is 3.19. The molecule has 1 heterocycles. The molecule has 0 atom stereocenters. The van der Waals surface area contributed by atoms with Crippen LogP contribution in [0.15, 0.2) is 29.3 Å². The smallest absolute Gasteiger partial charge is 0.337 e. The van der Waals surface area contributed by atoms with Crippen molar-refractivity contribution < 1.29 is 18.3 Å². The molecule has 20 heavy (non-hydrogen) atoms. The van der Waals surface area contributed by atoms with Gasteiger partial charge in [0.2, 0.25) is 0 Å². The highest BCUT2D eigenvalue weighted by atomic mass is 35.5. The summed E-state index contributed by atoms with van der Waals surface area (Å²) in [5.41, 5.74) is 0.149. The summed E-state index contributed by atoms with van der Waals surface area (Å²) >= 11 is 5.76. The predicted octanol–water partition coefficient (Wildman–Crippen LogP) is 1.14. The number of benzene rings is 1. The highest BCUT2D eigenvalue weighted by molar-refractivity contribution is 7.90. The molecule has 0 aliphatic rings. The first kappa shape index (κ1) is 14.5. The van der Waals surface area contributed by atoms with Crippen LogP contribution in [0.25, 0.3) is 0 Å². The third kappa shape index (κ3) is 2.97. The Balaban J connectivity index is 2.35. The maximum atomic E-state index is 12.2. The van der Waals surface area contributed by atoms with Gasteiger partial charge in [-0.3, -0.25) is 4.68 Å². The van der Waals surface area contributed by atoms with Gasteiger partial charge in [-0.25, -0.2) is 13.2 Å². The normalized spacial score (nSPS) is 11.5. The summed E-state index contributed by atoms with van der Waals surface area (Å²) in [6.07, 6.45) is 1.49. The third-order valence-corrected chi connectivity index (χ3v) is 4.48. The maximum Gasteiger partial charge on any atom is 0.337 e. The Hall–Kier alpha value is -1.93. The van der Waals surface area contributed by atoms with E-state index in [4.69, 9.17) is 16.7 Å². The van der Waals surface area contributed by atoms with E-state index in [1.54, 1.807) is 7.05 Å². The van der Waals surface area contributed by atoms with Gasteiger partial charge in [0.05, 0.1) is 21.2 Å². The molecule has 0 aliphatic carbocycles. The Morgan fingerprint density at radius 1 is 1.45 bits per heavy atom. The first-order valence-electron chi connectivity index (χ1n) is 5.40. The first-order chi connectivity index (χ1) is 9.29. The van der Waals surface area contributed by atoms with E-state index in [2.05, 4.69) is 10.3 Å². The molecule has 2 aromatic rings. The summed E-state index contributed by atoms with van der Waals surface area (Å²) in [6, 6.07) is 3.49. The quantitative estimate of drug-likeness (QED) is 0.907. The summed E-state index contributed by atoms with van der Waals surface area (Å²) in [5.74, 6) is -1.54. The molecule has 9 heteroatoms. The molecule has 1 N–H and O–H groups in total. The first-order valence-corrected chi connectivity index (χ1v) is 7.43. The SMILES string of the molecule is Cn1cc(CS(=O)(=O)c2ccc(C(=O)O)c(Cl)c2)nn1. The number of halogens is 1. The number of sulfone groups is 1. The molecule has 0 saturated carbocycles. The fraction of sp³-hybridized carbons (Fsp3) is 0.182. The summed E-state index contributed by atoms with van der Waals surface area (Å²) in [7, 11) is -2.03. The van der Waals surface area contributed by atoms with E-state index in [-0.39, 0.29) is 21.2 Å². The molecule has 0 spiro atoms. The molecule has 1 aromatic carbocycles. The van der Waals surface area contributed by atoms with Gasteiger partial charge in [-0.2, -0.15) is 0 Å². The number of rotatable bonds is 4. The molecular formula is C11H10ClN3O4S. The van der Waals surface area contributed by atoms with Crippen molar-refractivity contribution in [3.63, 3.8) is 0 Å². The van der Waals surface area contributed by atoms with Gasteiger partial charge < -0.3 is 5.11 Å². The van der Waals surface area contributed by atoms with Crippen LogP contribution in [-0.2, 0) is 22.6 Å². The minimum absolute atomic E-state index is 0.0573. The number of hydrogen-bond acceptors (Lipinski definition) is 5. The van der Waals surface area contributed by atoms with Crippen molar-refractivity contribution in [1.82, 2.24) is 15.0 Å². The molecule has 106 valence electrons. The molecule has 0 aliphatic heterocycles. The number of aromatic nitrogens is 3. The van der Waals surface area contributed by atoms with Crippen molar-refractivity contribution in [3.8, 4) is 0 Å². The van der Waals surface area contributed by atoms with Crippen molar-refractivity contribution in [1.29, 1.82) is 0 Å². The minimum Gasteiger partial charge on any atom is -0.478 e. The Bertz CT molecular complexity index is 770. The van der Waals surface area contributed by atoms with Gasteiger partial charge >= 0.3 is 5.97 Å². The predicted molar refractivity (Wildman–Crippen MR) is 70.3 cm³/mol. The second kappa shape index (κ2) is 5.22. The van der Waals surface area contributed by atoms with E-state index in [0.717, 1.165) is 12.1 Å². The van der Waals surface area contributed by atoms with Crippen molar-refractivity contribution in [3.05, 3.63) is 40.7 Å². The summed E-state index contributed by atoms with van der Waals surface area (Å²) < 4.78 is 25.7. The van der Waals surface area contributed by atoms with Gasteiger partial charge in [-0.1, -0.05) is 16.8 Å². The minimum atomic E-state index is -3.66. The average molecular weight is 316 g/mol. The molecule has 2 rings (SSSR count). The second-order valence-electron chi connectivity index (χ2n) is 4.09. The van der Waals surface area contributed by atoms with Crippen molar-refractivity contribution in [2.45, 2.75) is 10.6 Å². The molecule has 1 aromatic heterocycles. The van der Waals surface area contributed by atoms with Crippen LogP contribution < -0.4 is 0 Å². The van der Waals surface area contributed by atoms with Crippen molar-refractivity contribution in [2.75, 3.05) is 0 Å². The molecule has 0 radical (unpaired) electrons. The molecule has 7 nitrogen and oxygen atoms in total. The molecule has 0 bridgehead atoms. The Morgan fingerprint density at radius 3 is 2.65 bits per heavy atom.